The third-order valence-corrected chi connectivity index (χ3v) is 27.0. The number of aromatic nitrogens is 12. The summed E-state index contributed by atoms with van der Waals surface area (Å²) in [5.74, 6) is -3.56. The summed E-state index contributed by atoms with van der Waals surface area (Å²) >= 11 is 12.6. The number of benzene rings is 8. The molecule has 1 fully saturated rings. The molecule has 43 heteroatoms. The highest BCUT2D eigenvalue weighted by molar-refractivity contribution is 14.1. The average molecular weight is 2310 g/mol. The van der Waals surface area contributed by atoms with Crippen molar-refractivity contribution in [1.29, 1.82) is 0 Å². The zero-order valence-electron chi connectivity index (χ0n) is 69.1. The fourth-order valence-electron chi connectivity index (χ4n) is 14.1. The van der Waals surface area contributed by atoms with Gasteiger partial charge in [-0.25, -0.2) is 34.8 Å². The van der Waals surface area contributed by atoms with E-state index in [1.807, 2.05) is 79.9 Å². The first-order valence-electron chi connectivity index (χ1n) is 39.9. The Morgan fingerprint density at radius 3 is 1.29 bits per heavy atom. The van der Waals surface area contributed by atoms with Gasteiger partial charge in [-0.2, -0.15) is 38.6 Å². The summed E-state index contributed by atoms with van der Waals surface area (Å²) < 4.78 is 162. The second-order valence-corrected chi connectivity index (χ2v) is 38.7. The van der Waals surface area contributed by atoms with Gasteiger partial charge in [-0.05, 0) is 218 Å². The first kappa shape index (κ1) is 100. The minimum absolute atomic E-state index is 0.00278. The molecule has 30 nitrogen and oxygen atoms in total. The van der Waals surface area contributed by atoms with Crippen molar-refractivity contribution < 1.29 is 97.3 Å². The number of pyridine rings is 2. The predicted molar refractivity (Wildman–Crippen MR) is 511 cm³/mol. The molecule has 13 N–H and O–H groups in total. The highest BCUT2D eigenvalue weighted by atomic mass is 127. The van der Waals surface area contributed by atoms with E-state index in [-0.39, 0.29) is 175 Å². The van der Waals surface area contributed by atoms with Crippen molar-refractivity contribution in [3.8, 4) is 0 Å². The number of halogens is 11. The number of aryl methyl sites for hydroxylation is 1. The van der Waals surface area contributed by atoms with E-state index in [9.17, 15) is 62.7 Å². The first-order chi connectivity index (χ1) is 62.9. The molecule has 0 radical (unpaired) electrons. The lowest BCUT2D eigenvalue weighted by Crippen LogP contribution is -2.32. The van der Waals surface area contributed by atoms with E-state index in [2.05, 4.69) is 107 Å². The number of anilines is 2. The molecule has 8 aromatic carbocycles. The molecule has 15 aromatic rings. The number of aliphatic hydroxyl groups is 5. The summed E-state index contributed by atoms with van der Waals surface area (Å²) in [5.41, 5.74) is 9.91. The van der Waals surface area contributed by atoms with Crippen LogP contribution in [0, 0.1) is 52.5 Å². The SMILES string of the molecule is Cc1cc2cn[nH]c2c(Cc2ccc(I)cc2F)c1NS(=O)(=O)NCCO.O=C(COCCO)c1cc(F)c2cn[nH]c2c1Cc1ccc(Br)cc1F.O=C(COCCO)c1ncc2cn[nH]c2c1Cc1ccc(Br)cc1F.O=C(COCCO)c1ncc2cn[nH]c2c1Cc1ccc(I)cc1F.O=S(=O)(Nc1ccc2cn[nH]c2c1Cc1ccc(I)cc1F)C1(CCO)CC1. The number of nitrogens with one attached hydrogen (secondary N) is 8. The molecule has 1 aliphatic carbocycles. The number of hydrogen-bond acceptors (Lipinski definition) is 22. The van der Waals surface area contributed by atoms with Crippen LogP contribution in [0.15, 0.2) is 168 Å². The Balaban J connectivity index is 0.000000148. The molecule has 131 heavy (non-hydrogen) atoms. The van der Waals surface area contributed by atoms with E-state index < -0.39 is 42.4 Å². The van der Waals surface area contributed by atoms with E-state index in [0.717, 1.165) is 38.3 Å². The molecule has 16 rings (SSSR count). The number of nitrogens with zero attached hydrogens (tertiary/aromatic N) is 7. The Labute approximate surface area is 802 Å². The molecule has 0 amide bonds. The molecule has 688 valence electrons. The fourth-order valence-corrected chi connectivity index (χ4v) is 18.8. The highest BCUT2D eigenvalue weighted by Gasteiger charge is 2.54. The molecule has 7 aromatic heterocycles. The molecule has 1 saturated carbocycles. The van der Waals surface area contributed by atoms with Gasteiger partial charge in [0.2, 0.25) is 21.6 Å². The van der Waals surface area contributed by atoms with Gasteiger partial charge in [0, 0.05) is 127 Å². The number of sulfonamides is 1. The number of H-pyrrole nitrogens is 5. The number of ketones is 3. The van der Waals surface area contributed by atoms with Crippen molar-refractivity contribution in [3.63, 3.8) is 0 Å². The van der Waals surface area contributed by atoms with Crippen LogP contribution in [-0.4, -0.2) is 205 Å². The lowest BCUT2D eigenvalue weighted by molar-refractivity contribution is 0.0654. The topological polar surface area (TPSA) is 454 Å². The number of Topliss-reactive ketones (excluding diaryl/α,β-unsaturated/α-hetero) is 3. The lowest BCUT2D eigenvalue weighted by Gasteiger charge is -2.19. The lowest BCUT2D eigenvalue weighted by atomic mass is 9.94. The van der Waals surface area contributed by atoms with Crippen molar-refractivity contribution in [3.05, 3.63) is 291 Å². The van der Waals surface area contributed by atoms with Crippen molar-refractivity contribution >= 4 is 203 Å². The number of hydrogen-bond donors (Lipinski definition) is 13. The van der Waals surface area contributed by atoms with Gasteiger partial charge >= 0.3 is 0 Å². The fraction of sp³-hybridized carbons (Fsp3) is 0.250. The zero-order valence-corrected chi connectivity index (χ0v) is 80.4. The monoisotopic (exact) mass is 2310 g/mol. The summed E-state index contributed by atoms with van der Waals surface area (Å²) in [5, 5.41) is 81.7. The van der Waals surface area contributed by atoms with Crippen LogP contribution in [0.3, 0.4) is 0 Å². The number of rotatable bonds is 35. The van der Waals surface area contributed by atoms with Crippen LogP contribution in [0.1, 0.15) is 112 Å². The quantitative estimate of drug-likeness (QED) is 0.00759. The number of ether oxygens (including phenoxy) is 3. The van der Waals surface area contributed by atoms with Gasteiger partial charge in [-0.15, -0.1) is 0 Å². The largest absolute Gasteiger partial charge is 0.396 e. The van der Waals surface area contributed by atoms with Crippen LogP contribution in [0.5, 0.6) is 0 Å². The highest BCUT2D eigenvalue weighted by Crippen LogP contribution is 2.48. The molecule has 0 bridgehead atoms. The van der Waals surface area contributed by atoms with Crippen molar-refractivity contribution in [1.82, 2.24) is 65.7 Å². The molecular formula is C88H82Br2F6I3N15O15S2. The van der Waals surface area contributed by atoms with Crippen LogP contribution < -0.4 is 14.2 Å². The maximum atomic E-state index is 14.4. The second kappa shape index (κ2) is 46.3. The number of fused-ring (bicyclic) bond motifs is 5. The van der Waals surface area contributed by atoms with Crippen LogP contribution >= 0.6 is 99.6 Å². The first-order valence-corrected chi connectivity index (χ1v) is 47.7. The normalized spacial score (nSPS) is 12.3. The van der Waals surface area contributed by atoms with Gasteiger partial charge in [0.05, 0.1) is 126 Å². The summed E-state index contributed by atoms with van der Waals surface area (Å²) in [6.45, 7) is 0.0165. The van der Waals surface area contributed by atoms with Crippen LogP contribution in [-0.2, 0) is 66.5 Å². The van der Waals surface area contributed by atoms with Crippen LogP contribution in [0.2, 0.25) is 0 Å². The van der Waals surface area contributed by atoms with Gasteiger partial charge in [0.25, 0.3) is 10.2 Å². The number of aliphatic hydroxyl groups excluding tert-OH is 5. The van der Waals surface area contributed by atoms with Crippen molar-refractivity contribution in [2.24, 2.45) is 0 Å². The average Bonchev–Trinajstić information content (AvgIpc) is 1.58. The Kier molecular flexibility index (Phi) is 35.4. The number of carbonyl (C=O) groups is 3. The molecule has 0 spiro atoms. The van der Waals surface area contributed by atoms with E-state index >= 15 is 0 Å². The van der Waals surface area contributed by atoms with Crippen LogP contribution in [0.4, 0.5) is 37.7 Å². The summed E-state index contributed by atoms with van der Waals surface area (Å²) in [6.07, 6.45) is 13.0. The van der Waals surface area contributed by atoms with Gasteiger partial charge in [0.15, 0.2) is 5.78 Å². The Morgan fingerprint density at radius 1 is 0.435 bits per heavy atom. The minimum Gasteiger partial charge on any atom is -0.396 e. The van der Waals surface area contributed by atoms with Crippen molar-refractivity contribution in [2.75, 3.05) is 88.7 Å². The number of carbonyl (C=O) groups excluding carboxylic acids is 3. The van der Waals surface area contributed by atoms with Gasteiger partial charge < -0.3 is 39.7 Å². The van der Waals surface area contributed by atoms with Gasteiger partial charge in [-0.1, -0.05) is 62.2 Å². The van der Waals surface area contributed by atoms with E-state index in [1.54, 1.807) is 111 Å². The summed E-state index contributed by atoms with van der Waals surface area (Å²) in [6, 6.07) is 30.6. The number of aromatic amines is 5. The molecule has 7 heterocycles. The maximum Gasteiger partial charge on any atom is 0.299 e. The van der Waals surface area contributed by atoms with Gasteiger partial charge in [-0.3, -0.25) is 59.3 Å². The second-order valence-electron chi connectivity index (χ2n) is 29.6. The summed E-state index contributed by atoms with van der Waals surface area (Å²) in [4.78, 5) is 45.8. The third-order valence-electron chi connectivity index (χ3n) is 20.7. The smallest absolute Gasteiger partial charge is 0.299 e. The predicted octanol–water partition coefficient (Wildman–Crippen LogP) is 14.5. The molecule has 0 saturated heterocycles. The molecular weight excluding hydrogens is 2230 g/mol. The standard InChI is InChI=1S/C19H19FIN3O3S.C18H15BrF2N2O3.C17H15BrFN3O3.C17H18FIN4O3S.C17H15FIN3O3/c20-16-10-14(21)3-1-12(16)9-15-17(4-2-13-11-22-23-18(13)15)24-28(26,27)19(5-6-19)7-8-25;19-11-2-1-10(15(20)6-11)5-13-12(17(25)9-26-4-3-24)7-16(21)14-8-22-23-18(13)14;18-12-2-1-10(14(19)6-12)5-13-16-11(8-21-22-16)7-20-17(13)15(24)9-25-4-3-23;1-10-6-12-9-20-22-17(12)14(7-11-2-3-13(19)8-15(11)18)16(10)23-27(25,26)21-4-5-24;18-14-6-12(19)2-1-10(14)5-13-16-11(8-21-22-16)7-20-17(13)15(24)9-25-4-3-23/h1-4,10-11,24-25H,5-9H2,(H,22,23);1-2,6-8,24H,3-5,9H2,(H,22,23);1-2,6-8,23H,3-5,9H2,(H,21,22);2-3,6,8-9,21,23-24H,4-5,7H2,1H3,(H,20,22);1-2,6-8,23H,3-5,9H2,(H,21,22). The Bertz CT molecular complexity index is 6750. The van der Waals surface area contributed by atoms with Crippen molar-refractivity contribution in [2.45, 2.75) is 63.0 Å². The van der Waals surface area contributed by atoms with Crippen LogP contribution in [0.25, 0.3) is 54.5 Å². The Morgan fingerprint density at radius 2 is 0.840 bits per heavy atom. The van der Waals surface area contributed by atoms with Gasteiger partial charge in [0.1, 0.15) is 66.1 Å². The zero-order chi connectivity index (χ0) is 93.8. The molecule has 0 aliphatic heterocycles. The van der Waals surface area contributed by atoms with E-state index in [4.69, 9.17) is 34.6 Å². The molecule has 0 atom stereocenters. The van der Waals surface area contributed by atoms with E-state index in [1.165, 1.54) is 36.5 Å². The minimum atomic E-state index is -3.89. The maximum absolute atomic E-state index is 14.4. The van der Waals surface area contributed by atoms with E-state index in [0.29, 0.717) is 122 Å². The third kappa shape index (κ3) is 25.6. The Hall–Kier alpha value is -9.71. The molecule has 0 unspecified atom stereocenters. The molecule has 1 aliphatic rings. The summed E-state index contributed by atoms with van der Waals surface area (Å²) in [7, 11) is -7.58.